The van der Waals surface area contributed by atoms with Crippen molar-refractivity contribution in [1.29, 1.82) is 0 Å². The minimum Gasteiger partial charge on any atom is -0.366 e. The van der Waals surface area contributed by atoms with E-state index >= 15 is 0 Å². The van der Waals surface area contributed by atoms with Crippen molar-refractivity contribution in [2.75, 3.05) is 6.54 Å². The van der Waals surface area contributed by atoms with E-state index in [0.717, 1.165) is 13.0 Å². The van der Waals surface area contributed by atoms with E-state index in [2.05, 4.69) is 5.32 Å². The Morgan fingerprint density at radius 1 is 1.56 bits per heavy atom. The molecular weight excluding hydrogens is 118 g/mol. The van der Waals surface area contributed by atoms with Crippen molar-refractivity contribution >= 4 is 0 Å². The minimum absolute atomic E-state index is 0.104. The number of ether oxygens (including phenoxy) is 1. The summed E-state index contributed by atoms with van der Waals surface area (Å²) in [6, 6.07) is 0.431. The average molecular weight is 129 g/mol. The van der Waals surface area contributed by atoms with Crippen molar-refractivity contribution in [2.24, 2.45) is 0 Å². The van der Waals surface area contributed by atoms with Gasteiger partial charge in [-0.25, -0.2) is 0 Å². The van der Waals surface area contributed by atoms with Crippen LogP contribution in [0.25, 0.3) is 0 Å². The first-order valence-corrected chi connectivity index (χ1v) is 3.45. The van der Waals surface area contributed by atoms with Crippen molar-refractivity contribution in [2.45, 2.75) is 31.3 Å². The summed E-state index contributed by atoms with van der Waals surface area (Å²) >= 11 is 0. The Hall–Kier alpha value is -0.120. The van der Waals surface area contributed by atoms with Gasteiger partial charge in [0.25, 0.3) is 0 Å². The van der Waals surface area contributed by atoms with Crippen LogP contribution in [0.15, 0.2) is 0 Å². The standard InChI is InChI=1S/C6H11NO2/c8-6-5(9-6)4-2-1-3-7-4/h4-8H,1-3H2. The molecule has 2 heterocycles. The van der Waals surface area contributed by atoms with Gasteiger partial charge in [-0.3, -0.25) is 0 Å². The lowest BCUT2D eigenvalue weighted by molar-refractivity contribution is 0.155. The van der Waals surface area contributed by atoms with Crippen LogP contribution >= 0.6 is 0 Å². The third-order valence-corrected chi connectivity index (χ3v) is 2.00. The summed E-state index contributed by atoms with van der Waals surface area (Å²) in [6.07, 6.45) is 2.01. The van der Waals surface area contributed by atoms with E-state index in [1.54, 1.807) is 0 Å². The molecular formula is C6H11NO2. The molecule has 0 amide bonds. The molecule has 3 heteroatoms. The van der Waals surface area contributed by atoms with Gasteiger partial charge in [0.2, 0.25) is 0 Å². The van der Waals surface area contributed by atoms with Gasteiger partial charge in [0.05, 0.1) is 0 Å². The quantitative estimate of drug-likeness (QED) is 0.467. The fourth-order valence-corrected chi connectivity index (χ4v) is 1.40. The fraction of sp³-hybridized carbons (Fsp3) is 1.00. The molecule has 2 saturated heterocycles. The first-order valence-electron chi connectivity index (χ1n) is 3.45. The predicted octanol–water partition coefficient (Wildman–Crippen LogP) is -0.544. The molecule has 3 nitrogen and oxygen atoms in total. The van der Waals surface area contributed by atoms with Crippen LogP contribution in [0.3, 0.4) is 0 Å². The first kappa shape index (κ1) is 5.65. The zero-order valence-electron chi connectivity index (χ0n) is 5.21. The number of hydrogen-bond acceptors (Lipinski definition) is 3. The van der Waals surface area contributed by atoms with Crippen LogP contribution in [0.2, 0.25) is 0 Å². The van der Waals surface area contributed by atoms with E-state index < -0.39 is 6.29 Å². The second-order valence-electron chi connectivity index (χ2n) is 2.69. The Balaban J connectivity index is 1.85. The smallest absolute Gasteiger partial charge is 0.183 e. The monoisotopic (exact) mass is 129 g/mol. The summed E-state index contributed by atoms with van der Waals surface area (Å²) in [5, 5.41) is 12.1. The van der Waals surface area contributed by atoms with Crippen LogP contribution in [-0.2, 0) is 4.74 Å². The van der Waals surface area contributed by atoms with Crippen LogP contribution in [0, 0.1) is 0 Å². The van der Waals surface area contributed by atoms with Gasteiger partial charge in [-0.1, -0.05) is 0 Å². The van der Waals surface area contributed by atoms with Gasteiger partial charge in [0.1, 0.15) is 6.10 Å². The highest BCUT2D eigenvalue weighted by Gasteiger charge is 2.44. The minimum atomic E-state index is -0.472. The van der Waals surface area contributed by atoms with Crippen LogP contribution in [-0.4, -0.2) is 30.1 Å². The molecule has 9 heavy (non-hydrogen) atoms. The molecule has 0 saturated carbocycles. The zero-order chi connectivity index (χ0) is 6.27. The topological polar surface area (TPSA) is 44.8 Å². The van der Waals surface area contributed by atoms with Gasteiger partial charge >= 0.3 is 0 Å². The molecule has 2 N–H and O–H groups in total. The lowest BCUT2D eigenvalue weighted by Gasteiger charge is -2.02. The first-order chi connectivity index (χ1) is 4.38. The van der Waals surface area contributed by atoms with Crippen molar-refractivity contribution in [1.82, 2.24) is 5.32 Å². The van der Waals surface area contributed by atoms with Crippen molar-refractivity contribution in [3.63, 3.8) is 0 Å². The van der Waals surface area contributed by atoms with Gasteiger partial charge in [-0.15, -0.1) is 0 Å². The van der Waals surface area contributed by atoms with Crippen LogP contribution < -0.4 is 5.32 Å². The van der Waals surface area contributed by atoms with Crippen molar-refractivity contribution in [3.8, 4) is 0 Å². The van der Waals surface area contributed by atoms with Gasteiger partial charge in [-0.2, -0.15) is 0 Å². The highest BCUT2D eigenvalue weighted by Crippen LogP contribution is 2.26. The van der Waals surface area contributed by atoms with Crippen molar-refractivity contribution < 1.29 is 9.84 Å². The Bertz CT molecular complexity index is 112. The van der Waals surface area contributed by atoms with Crippen LogP contribution in [0.5, 0.6) is 0 Å². The van der Waals surface area contributed by atoms with Gasteiger partial charge < -0.3 is 15.2 Å². The maximum Gasteiger partial charge on any atom is 0.183 e. The summed E-state index contributed by atoms with van der Waals surface area (Å²) in [5.41, 5.74) is 0. The molecule has 0 spiro atoms. The second-order valence-corrected chi connectivity index (χ2v) is 2.69. The number of rotatable bonds is 1. The summed E-state index contributed by atoms with van der Waals surface area (Å²) < 4.78 is 4.89. The molecule has 3 unspecified atom stereocenters. The molecule has 0 aliphatic carbocycles. The zero-order valence-corrected chi connectivity index (χ0v) is 5.21. The lowest BCUT2D eigenvalue weighted by Crippen LogP contribution is -2.28. The SMILES string of the molecule is OC1OC1C1CCCN1. The third-order valence-electron chi connectivity index (χ3n) is 2.00. The summed E-state index contributed by atoms with van der Waals surface area (Å²) in [4.78, 5) is 0. The Kier molecular flexibility index (Phi) is 1.22. The molecule has 52 valence electrons. The molecule has 3 atom stereocenters. The van der Waals surface area contributed by atoms with Crippen molar-refractivity contribution in [3.05, 3.63) is 0 Å². The Morgan fingerprint density at radius 2 is 2.33 bits per heavy atom. The second kappa shape index (κ2) is 1.94. The predicted molar refractivity (Wildman–Crippen MR) is 31.9 cm³/mol. The highest BCUT2D eigenvalue weighted by atomic mass is 16.7. The molecule has 0 aromatic rings. The van der Waals surface area contributed by atoms with Gasteiger partial charge in [0, 0.05) is 6.04 Å². The average Bonchev–Trinajstić information content (AvgIpc) is 2.44. The van der Waals surface area contributed by atoms with Crippen LogP contribution in [0.1, 0.15) is 12.8 Å². The Labute approximate surface area is 54.0 Å². The molecule has 0 radical (unpaired) electrons. The summed E-state index contributed by atoms with van der Waals surface area (Å²) in [7, 11) is 0. The fourth-order valence-electron chi connectivity index (χ4n) is 1.40. The van der Waals surface area contributed by atoms with E-state index in [0.29, 0.717) is 6.04 Å². The van der Waals surface area contributed by atoms with Gasteiger partial charge in [0.15, 0.2) is 6.29 Å². The molecule has 2 rings (SSSR count). The number of aliphatic hydroxyl groups is 1. The van der Waals surface area contributed by atoms with Crippen LogP contribution in [0.4, 0.5) is 0 Å². The van der Waals surface area contributed by atoms with Gasteiger partial charge in [-0.05, 0) is 19.4 Å². The number of nitrogens with one attached hydrogen (secondary N) is 1. The maximum absolute atomic E-state index is 8.82. The maximum atomic E-state index is 8.82. The van der Waals surface area contributed by atoms with E-state index in [9.17, 15) is 0 Å². The molecule has 2 fully saturated rings. The summed E-state index contributed by atoms with van der Waals surface area (Å²) in [5.74, 6) is 0. The molecule has 0 aromatic carbocycles. The third kappa shape index (κ3) is 0.956. The molecule has 2 aliphatic rings. The largest absolute Gasteiger partial charge is 0.366 e. The molecule has 0 aromatic heterocycles. The number of epoxide rings is 1. The normalized spacial score (nSPS) is 49.7. The van der Waals surface area contributed by atoms with E-state index in [-0.39, 0.29) is 6.10 Å². The van der Waals surface area contributed by atoms with E-state index in [1.165, 1.54) is 6.42 Å². The number of hydrogen-bond donors (Lipinski definition) is 2. The Morgan fingerprint density at radius 3 is 2.78 bits per heavy atom. The van der Waals surface area contributed by atoms with E-state index in [1.807, 2.05) is 0 Å². The highest BCUT2D eigenvalue weighted by molar-refractivity contribution is 4.91. The molecule has 2 aliphatic heterocycles. The van der Waals surface area contributed by atoms with E-state index in [4.69, 9.17) is 9.84 Å². The number of aliphatic hydroxyl groups excluding tert-OH is 1. The lowest BCUT2D eigenvalue weighted by atomic mass is 10.2. The summed E-state index contributed by atoms with van der Waals surface area (Å²) in [6.45, 7) is 1.08. The molecule has 0 bridgehead atoms.